The van der Waals surface area contributed by atoms with Crippen LogP contribution in [0.3, 0.4) is 0 Å². The van der Waals surface area contributed by atoms with Crippen molar-refractivity contribution in [2.45, 2.75) is 25.9 Å². The fourth-order valence-electron chi connectivity index (χ4n) is 0.338. The molecule has 1 atom stereocenters. The number of hydrogen-bond donors (Lipinski definition) is 0. The Hall–Kier alpha value is -0.540. The Morgan fingerprint density at radius 2 is 1.89 bits per heavy atom. The molecule has 1 unspecified atom stereocenters. The van der Waals surface area contributed by atoms with E-state index in [4.69, 9.17) is 0 Å². The number of rotatable bonds is 3. The van der Waals surface area contributed by atoms with Crippen molar-refractivity contribution in [2.24, 2.45) is 0 Å². The number of Topliss-reactive ketones (excluding diaryl/α,β-unsaturated/α-hetero) is 1. The zero-order chi connectivity index (χ0) is 7.44. The van der Waals surface area contributed by atoms with Crippen molar-refractivity contribution in [3.8, 4) is 0 Å². The third-order valence-corrected chi connectivity index (χ3v) is 0.882. The van der Waals surface area contributed by atoms with Gasteiger partial charge in [0.25, 0.3) is 6.43 Å². The van der Waals surface area contributed by atoms with Crippen LogP contribution in [0.25, 0.3) is 0 Å². The maximum absolute atomic E-state index is 11.9. The number of ketones is 1. The van der Waals surface area contributed by atoms with Crippen molar-refractivity contribution >= 4 is 5.78 Å². The fourth-order valence-corrected chi connectivity index (χ4v) is 0.338. The molecule has 0 aromatic carbocycles. The third kappa shape index (κ3) is 2.49. The van der Waals surface area contributed by atoms with Crippen LogP contribution in [-0.2, 0) is 4.79 Å². The highest BCUT2D eigenvalue weighted by Gasteiger charge is 2.24. The molecule has 0 aliphatic heterocycles. The summed E-state index contributed by atoms with van der Waals surface area (Å²) in [5, 5.41) is 0. The summed E-state index contributed by atoms with van der Waals surface area (Å²) < 4.78 is 34.5. The summed E-state index contributed by atoms with van der Waals surface area (Å²) in [7, 11) is 0. The highest BCUT2D eigenvalue weighted by Crippen LogP contribution is 2.05. The summed E-state index contributed by atoms with van der Waals surface area (Å²) in [4.78, 5) is 9.95. The lowest BCUT2D eigenvalue weighted by atomic mass is 10.2. The second-order valence-electron chi connectivity index (χ2n) is 1.58. The molecule has 0 aliphatic rings. The van der Waals surface area contributed by atoms with Crippen LogP contribution in [0.2, 0.25) is 0 Å². The van der Waals surface area contributed by atoms with Gasteiger partial charge in [0.15, 0.2) is 6.17 Å². The maximum Gasteiger partial charge on any atom is 0.298 e. The molecule has 0 N–H and O–H groups in total. The maximum atomic E-state index is 11.9. The predicted octanol–water partition coefficient (Wildman–Crippen LogP) is 1.57. The van der Waals surface area contributed by atoms with E-state index < -0.39 is 18.4 Å². The summed E-state index contributed by atoms with van der Waals surface area (Å²) in [5.74, 6) is -1.61. The number of alkyl halides is 3. The van der Waals surface area contributed by atoms with Gasteiger partial charge in [-0.3, -0.25) is 4.79 Å². The van der Waals surface area contributed by atoms with Gasteiger partial charge < -0.3 is 0 Å². The molecular formula is C5H7F3O. The van der Waals surface area contributed by atoms with E-state index in [9.17, 15) is 18.0 Å². The molecule has 4 heteroatoms. The fraction of sp³-hybridized carbons (Fsp3) is 0.800. The average Bonchev–Trinajstić information content (AvgIpc) is 1.84. The monoisotopic (exact) mass is 140 g/mol. The van der Waals surface area contributed by atoms with Crippen molar-refractivity contribution in [2.75, 3.05) is 0 Å². The van der Waals surface area contributed by atoms with E-state index in [-0.39, 0.29) is 6.42 Å². The van der Waals surface area contributed by atoms with Crippen molar-refractivity contribution < 1.29 is 18.0 Å². The van der Waals surface area contributed by atoms with E-state index in [1.54, 1.807) is 0 Å². The minimum absolute atomic E-state index is 0.177. The van der Waals surface area contributed by atoms with Crippen LogP contribution in [0.5, 0.6) is 0 Å². The van der Waals surface area contributed by atoms with Crippen LogP contribution >= 0.6 is 0 Å². The van der Waals surface area contributed by atoms with Crippen LogP contribution in [0.1, 0.15) is 13.3 Å². The summed E-state index contributed by atoms with van der Waals surface area (Å²) in [5.41, 5.74) is 0. The first-order valence-electron chi connectivity index (χ1n) is 2.55. The molecule has 54 valence electrons. The summed E-state index contributed by atoms with van der Waals surface area (Å²) >= 11 is 0. The first kappa shape index (κ1) is 8.46. The second-order valence-corrected chi connectivity index (χ2v) is 1.58. The average molecular weight is 140 g/mol. The topological polar surface area (TPSA) is 17.1 Å². The number of hydrogen-bond acceptors (Lipinski definition) is 1. The van der Waals surface area contributed by atoms with E-state index in [2.05, 4.69) is 0 Å². The molecule has 0 fully saturated rings. The van der Waals surface area contributed by atoms with E-state index in [1.165, 1.54) is 6.92 Å². The Balaban J connectivity index is 3.73. The van der Waals surface area contributed by atoms with Crippen molar-refractivity contribution in [1.29, 1.82) is 0 Å². The van der Waals surface area contributed by atoms with E-state index in [1.807, 2.05) is 0 Å². The van der Waals surface area contributed by atoms with Gasteiger partial charge >= 0.3 is 0 Å². The van der Waals surface area contributed by atoms with Crippen LogP contribution in [-0.4, -0.2) is 18.4 Å². The molecule has 0 aromatic rings. The van der Waals surface area contributed by atoms with Crippen molar-refractivity contribution in [1.82, 2.24) is 0 Å². The van der Waals surface area contributed by atoms with E-state index in [0.717, 1.165) is 0 Å². The molecule has 0 bridgehead atoms. The zero-order valence-corrected chi connectivity index (χ0v) is 4.90. The lowest BCUT2D eigenvalue weighted by Crippen LogP contribution is -2.21. The highest BCUT2D eigenvalue weighted by molar-refractivity contribution is 5.85. The molecule has 0 aliphatic carbocycles. The zero-order valence-electron chi connectivity index (χ0n) is 4.90. The van der Waals surface area contributed by atoms with Crippen molar-refractivity contribution in [3.05, 3.63) is 0 Å². The van der Waals surface area contributed by atoms with Crippen LogP contribution in [0, 0.1) is 0 Å². The van der Waals surface area contributed by atoms with Crippen LogP contribution < -0.4 is 0 Å². The molecule has 0 rings (SSSR count). The first-order chi connectivity index (χ1) is 4.09. The SMILES string of the molecule is CCC(F)C(=O)C(F)F. The lowest BCUT2D eigenvalue weighted by Gasteiger charge is -2.00. The van der Waals surface area contributed by atoms with Gasteiger partial charge in [-0.05, 0) is 6.42 Å². The Kier molecular flexibility index (Phi) is 3.27. The van der Waals surface area contributed by atoms with Gasteiger partial charge in [0.2, 0.25) is 5.78 Å². The Labute approximate surface area is 50.9 Å². The van der Waals surface area contributed by atoms with Crippen LogP contribution in [0.15, 0.2) is 0 Å². The Morgan fingerprint density at radius 3 is 2.00 bits per heavy atom. The largest absolute Gasteiger partial charge is 0.298 e. The molecule has 0 aromatic heterocycles. The number of carbonyl (C=O) groups excluding carboxylic acids is 1. The number of halogens is 3. The van der Waals surface area contributed by atoms with Crippen LogP contribution in [0.4, 0.5) is 13.2 Å². The molecule has 9 heavy (non-hydrogen) atoms. The summed E-state index contributed by atoms with van der Waals surface area (Å²) in [6.45, 7) is 1.34. The minimum atomic E-state index is -3.17. The van der Waals surface area contributed by atoms with Gasteiger partial charge in [0.1, 0.15) is 0 Å². The van der Waals surface area contributed by atoms with Gasteiger partial charge in [0, 0.05) is 0 Å². The van der Waals surface area contributed by atoms with Gasteiger partial charge in [0.05, 0.1) is 0 Å². The van der Waals surface area contributed by atoms with Gasteiger partial charge in [-0.15, -0.1) is 0 Å². The predicted molar refractivity (Wildman–Crippen MR) is 26.2 cm³/mol. The Morgan fingerprint density at radius 1 is 1.44 bits per heavy atom. The van der Waals surface area contributed by atoms with Crippen molar-refractivity contribution in [3.63, 3.8) is 0 Å². The molecular weight excluding hydrogens is 133 g/mol. The smallest absolute Gasteiger partial charge is 0.290 e. The molecule has 0 heterocycles. The molecule has 1 nitrogen and oxygen atoms in total. The third-order valence-electron chi connectivity index (χ3n) is 0.882. The highest BCUT2D eigenvalue weighted by atomic mass is 19.3. The number of carbonyl (C=O) groups is 1. The molecule has 0 saturated carbocycles. The summed E-state index contributed by atoms with van der Waals surface area (Å²) in [6, 6.07) is 0. The lowest BCUT2D eigenvalue weighted by molar-refractivity contribution is -0.134. The first-order valence-corrected chi connectivity index (χ1v) is 2.55. The normalized spacial score (nSPS) is 13.9. The molecule has 0 radical (unpaired) electrons. The quantitative estimate of drug-likeness (QED) is 0.581. The summed E-state index contributed by atoms with van der Waals surface area (Å²) in [6.07, 6.45) is -5.34. The van der Waals surface area contributed by atoms with Gasteiger partial charge in [-0.25, -0.2) is 13.2 Å². The van der Waals surface area contributed by atoms with E-state index >= 15 is 0 Å². The van der Waals surface area contributed by atoms with Gasteiger partial charge in [-0.2, -0.15) is 0 Å². The van der Waals surface area contributed by atoms with E-state index in [0.29, 0.717) is 0 Å². The molecule has 0 spiro atoms. The molecule has 0 saturated heterocycles. The Bertz CT molecular complexity index is 102. The standard InChI is InChI=1S/C5H7F3O/c1-2-3(6)4(9)5(7)8/h3,5H,2H2,1H3. The molecule has 0 amide bonds. The second kappa shape index (κ2) is 3.48. The minimum Gasteiger partial charge on any atom is -0.290 e. The van der Waals surface area contributed by atoms with Gasteiger partial charge in [-0.1, -0.05) is 6.92 Å².